The Morgan fingerprint density at radius 2 is 1.45 bits per heavy atom. The zero-order valence-electron chi connectivity index (χ0n) is 18.0. The Balaban J connectivity index is 1.45. The van der Waals surface area contributed by atoms with Crippen LogP contribution in [0.15, 0.2) is 42.5 Å². The van der Waals surface area contributed by atoms with Gasteiger partial charge in [-0.2, -0.15) is 0 Å². The molecule has 0 bridgehead atoms. The van der Waals surface area contributed by atoms with Gasteiger partial charge in [0, 0.05) is 56.2 Å². The molecule has 0 unspecified atom stereocenters. The van der Waals surface area contributed by atoms with E-state index in [1.54, 1.807) is 37.4 Å². The van der Waals surface area contributed by atoms with Crippen molar-refractivity contribution in [1.82, 2.24) is 9.80 Å². The summed E-state index contributed by atoms with van der Waals surface area (Å²) in [4.78, 5) is 32.0. The van der Waals surface area contributed by atoms with Gasteiger partial charge < -0.3 is 25.2 Å². The zero-order chi connectivity index (χ0) is 21.8. The molecule has 7 heteroatoms. The predicted octanol–water partition coefficient (Wildman–Crippen LogP) is 2.87. The Morgan fingerprint density at radius 3 is 2.10 bits per heavy atom. The van der Waals surface area contributed by atoms with Crippen molar-refractivity contribution in [3.05, 3.63) is 53.6 Å². The maximum atomic E-state index is 13.2. The smallest absolute Gasteiger partial charge is 0.256 e. The van der Waals surface area contributed by atoms with E-state index in [1.807, 2.05) is 21.9 Å². The highest BCUT2D eigenvalue weighted by Gasteiger charge is 2.27. The number of benzene rings is 2. The second kappa shape index (κ2) is 9.29. The minimum atomic E-state index is 0.0178. The van der Waals surface area contributed by atoms with E-state index in [2.05, 4.69) is 4.90 Å². The Hall–Kier alpha value is -3.22. The van der Waals surface area contributed by atoms with E-state index in [0.29, 0.717) is 43.0 Å². The molecule has 2 aliphatic rings. The number of piperazine rings is 1. The van der Waals surface area contributed by atoms with Crippen molar-refractivity contribution in [3.63, 3.8) is 0 Å². The number of nitrogen functional groups attached to an aromatic ring is 1. The summed E-state index contributed by atoms with van der Waals surface area (Å²) in [7, 11) is 1.61. The standard InChI is InChI=1S/C24H30N4O3/c1-31-20-8-5-18(6-9-20)23(29)28-15-13-26(14-16-28)22-10-7-19(25)17-21(22)24(30)27-11-3-2-4-12-27/h5-10,17H,2-4,11-16,25H2,1H3. The number of hydrogen-bond donors (Lipinski definition) is 1. The topological polar surface area (TPSA) is 79.1 Å². The molecule has 2 heterocycles. The predicted molar refractivity (Wildman–Crippen MR) is 122 cm³/mol. The lowest BCUT2D eigenvalue weighted by molar-refractivity contribution is 0.0718. The molecule has 2 aliphatic heterocycles. The molecule has 2 amide bonds. The lowest BCUT2D eigenvalue weighted by atomic mass is 10.1. The number of likely N-dealkylation sites (tertiary alicyclic amines) is 1. The van der Waals surface area contributed by atoms with Crippen LogP contribution in [0.4, 0.5) is 11.4 Å². The number of ether oxygens (including phenoxy) is 1. The minimum Gasteiger partial charge on any atom is -0.497 e. The molecule has 2 fully saturated rings. The third kappa shape index (κ3) is 4.60. The molecule has 31 heavy (non-hydrogen) atoms. The summed E-state index contributed by atoms with van der Waals surface area (Å²) in [5, 5.41) is 0. The van der Waals surface area contributed by atoms with Crippen molar-refractivity contribution < 1.29 is 14.3 Å². The van der Waals surface area contributed by atoms with Gasteiger partial charge in [0.2, 0.25) is 0 Å². The largest absolute Gasteiger partial charge is 0.497 e. The van der Waals surface area contributed by atoms with Gasteiger partial charge in [-0.1, -0.05) is 0 Å². The van der Waals surface area contributed by atoms with Crippen molar-refractivity contribution in [2.75, 3.05) is 57.0 Å². The lowest BCUT2D eigenvalue weighted by Crippen LogP contribution is -2.49. The number of anilines is 2. The SMILES string of the molecule is COc1ccc(C(=O)N2CCN(c3ccc(N)cc3C(=O)N3CCCCC3)CC2)cc1. The van der Waals surface area contributed by atoms with Gasteiger partial charge in [-0.3, -0.25) is 9.59 Å². The monoisotopic (exact) mass is 422 g/mol. The molecule has 7 nitrogen and oxygen atoms in total. The maximum absolute atomic E-state index is 13.2. The molecular weight excluding hydrogens is 392 g/mol. The van der Waals surface area contributed by atoms with Gasteiger partial charge in [-0.15, -0.1) is 0 Å². The highest BCUT2D eigenvalue weighted by molar-refractivity contribution is 6.01. The highest BCUT2D eigenvalue weighted by atomic mass is 16.5. The third-order valence-electron chi connectivity index (χ3n) is 6.14. The number of piperidine rings is 1. The van der Waals surface area contributed by atoms with Gasteiger partial charge in [-0.05, 0) is 61.7 Å². The normalized spacial score (nSPS) is 16.9. The molecule has 2 aromatic carbocycles. The molecule has 2 aromatic rings. The Bertz CT molecular complexity index is 930. The second-order valence-corrected chi connectivity index (χ2v) is 8.14. The van der Waals surface area contributed by atoms with Gasteiger partial charge in [0.1, 0.15) is 5.75 Å². The summed E-state index contributed by atoms with van der Waals surface area (Å²) in [6.45, 7) is 4.16. The molecule has 164 valence electrons. The van der Waals surface area contributed by atoms with Crippen molar-refractivity contribution in [3.8, 4) is 5.75 Å². The summed E-state index contributed by atoms with van der Waals surface area (Å²) in [5.41, 5.74) is 8.84. The first-order valence-corrected chi connectivity index (χ1v) is 10.9. The summed E-state index contributed by atoms with van der Waals surface area (Å²) in [6.07, 6.45) is 3.28. The molecule has 0 spiro atoms. The first kappa shape index (κ1) is 21.0. The number of hydrogen-bond acceptors (Lipinski definition) is 5. The van der Waals surface area contributed by atoms with Gasteiger partial charge in [0.25, 0.3) is 11.8 Å². The van der Waals surface area contributed by atoms with Crippen LogP contribution in [0.3, 0.4) is 0 Å². The summed E-state index contributed by atoms with van der Waals surface area (Å²) in [6, 6.07) is 12.8. The number of carbonyl (C=O) groups excluding carboxylic acids is 2. The molecule has 0 aliphatic carbocycles. The number of amides is 2. The lowest BCUT2D eigenvalue weighted by Gasteiger charge is -2.37. The molecule has 4 rings (SSSR count). The number of nitrogens with zero attached hydrogens (tertiary/aromatic N) is 3. The van der Waals surface area contributed by atoms with E-state index in [1.165, 1.54) is 6.42 Å². The highest BCUT2D eigenvalue weighted by Crippen LogP contribution is 2.27. The van der Waals surface area contributed by atoms with Crippen molar-refractivity contribution in [2.24, 2.45) is 0 Å². The van der Waals surface area contributed by atoms with E-state index in [4.69, 9.17) is 10.5 Å². The van der Waals surface area contributed by atoms with Crippen LogP contribution < -0.4 is 15.4 Å². The zero-order valence-corrected chi connectivity index (χ0v) is 18.0. The van der Waals surface area contributed by atoms with Crippen LogP contribution in [-0.4, -0.2) is 68.0 Å². The van der Waals surface area contributed by atoms with Gasteiger partial charge in [0.05, 0.1) is 12.7 Å². The van der Waals surface area contributed by atoms with Crippen LogP contribution >= 0.6 is 0 Å². The van der Waals surface area contributed by atoms with Gasteiger partial charge in [-0.25, -0.2) is 0 Å². The van der Waals surface area contributed by atoms with Crippen LogP contribution in [0.5, 0.6) is 5.75 Å². The first-order chi connectivity index (χ1) is 15.1. The number of carbonyl (C=O) groups is 2. The van der Waals surface area contributed by atoms with Crippen molar-refractivity contribution in [1.29, 1.82) is 0 Å². The summed E-state index contributed by atoms with van der Waals surface area (Å²) >= 11 is 0. The second-order valence-electron chi connectivity index (χ2n) is 8.14. The molecule has 0 saturated carbocycles. The number of rotatable bonds is 4. The van der Waals surface area contributed by atoms with Gasteiger partial charge >= 0.3 is 0 Å². The summed E-state index contributed by atoms with van der Waals surface area (Å²) in [5.74, 6) is 0.804. The average molecular weight is 423 g/mol. The maximum Gasteiger partial charge on any atom is 0.256 e. The van der Waals surface area contributed by atoms with E-state index in [0.717, 1.165) is 37.4 Å². The fraction of sp³-hybridized carbons (Fsp3) is 0.417. The van der Waals surface area contributed by atoms with Crippen LogP contribution in [-0.2, 0) is 0 Å². The number of methoxy groups -OCH3 is 1. The third-order valence-corrected chi connectivity index (χ3v) is 6.14. The molecular formula is C24H30N4O3. The average Bonchev–Trinajstić information content (AvgIpc) is 2.84. The van der Waals surface area contributed by atoms with E-state index < -0.39 is 0 Å². The molecule has 0 radical (unpaired) electrons. The van der Waals surface area contributed by atoms with Crippen molar-refractivity contribution in [2.45, 2.75) is 19.3 Å². The van der Waals surface area contributed by atoms with Crippen molar-refractivity contribution >= 4 is 23.2 Å². The molecule has 0 aromatic heterocycles. The van der Waals surface area contributed by atoms with E-state index >= 15 is 0 Å². The Kier molecular flexibility index (Phi) is 6.30. The quantitative estimate of drug-likeness (QED) is 0.767. The van der Waals surface area contributed by atoms with E-state index in [9.17, 15) is 9.59 Å². The van der Waals surface area contributed by atoms with Crippen LogP contribution in [0.25, 0.3) is 0 Å². The van der Waals surface area contributed by atoms with E-state index in [-0.39, 0.29) is 11.8 Å². The Labute approximate surface area is 183 Å². The van der Waals surface area contributed by atoms with Crippen LogP contribution in [0.1, 0.15) is 40.0 Å². The van der Waals surface area contributed by atoms with Crippen LogP contribution in [0, 0.1) is 0 Å². The van der Waals surface area contributed by atoms with Crippen LogP contribution in [0.2, 0.25) is 0 Å². The molecule has 2 saturated heterocycles. The van der Waals surface area contributed by atoms with Gasteiger partial charge in [0.15, 0.2) is 0 Å². The first-order valence-electron chi connectivity index (χ1n) is 10.9. The fourth-order valence-electron chi connectivity index (χ4n) is 4.33. The molecule has 2 N–H and O–H groups in total. The fourth-order valence-corrected chi connectivity index (χ4v) is 4.33. The molecule has 0 atom stereocenters. The minimum absolute atomic E-state index is 0.0178. The number of nitrogens with two attached hydrogens (primary N) is 1. The summed E-state index contributed by atoms with van der Waals surface area (Å²) < 4.78 is 5.17. The Morgan fingerprint density at radius 1 is 0.806 bits per heavy atom.